The molecule has 1 fully saturated rings. The average molecular weight is 228 g/mol. The molecule has 0 bridgehead atoms. The van der Waals surface area contributed by atoms with Gasteiger partial charge in [0.1, 0.15) is 0 Å². The molecule has 0 amide bonds. The van der Waals surface area contributed by atoms with Gasteiger partial charge in [0.2, 0.25) is 0 Å². The van der Waals surface area contributed by atoms with Crippen molar-refractivity contribution in [3.8, 4) is 0 Å². The van der Waals surface area contributed by atoms with E-state index in [-0.39, 0.29) is 12.8 Å². The smallest absolute Gasteiger partial charge is 0.251 e. The van der Waals surface area contributed by atoms with Crippen LogP contribution in [0.1, 0.15) is 19.8 Å². The normalized spacial score (nSPS) is 22.1. The van der Waals surface area contributed by atoms with Gasteiger partial charge >= 0.3 is 0 Å². The lowest BCUT2D eigenvalue weighted by Gasteiger charge is -2.34. The summed E-state index contributed by atoms with van der Waals surface area (Å²) in [5, 5.41) is 0. The standard InChI is InChI=1S/C12H18F2N2/c1-3-4-5-11(15)10(2)16-8-6-12(13,14)7-9-16/h3-5H,1,6-9,15H2,2H3/b5-4-,11-10-. The van der Waals surface area contributed by atoms with Crippen molar-refractivity contribution in [3.63, 3.8) is 0 Å². The van der Waals surface area contributed by atoms with Crippen LogP contribution in [0.25, 0.3) is 0 Å². The molecule has 1 aliphatic rings. The minimum Gasteiger partial charge on any atom is -0.397 e. The Balaban J connectivity index is 2.65. The molecule has 0 atom stereocenters. The Hall–Kier alpha value is -1.32. The van der Waals surface area contributed by atoms with Crippen LogP contribution in [0.5, 0.6) is 0 Å². The van der Waals surface area contributed by atoms with Crippen molar-refractivity contribution < 1.29 is 8.78 Å². The SMILES string of the molecule is C=C/C=C\C(N)=C(/C)N1CCC(F)(F)CC1. The molecule has 0 aromatic heterocycles. The highest BCUT2D eigenvalue weighted by Crippen LogP contribution is 2.29. The monoisotopic (exact) mass is 228 g/mol. The largest absolute Gasteiger partial charge is 0.397 e. The zero-order valence-electron chi connectivity index (χ0n) is 9.55. The Kier molecular flexibility index (Phi) is 4.10. The highest BCUT2D eigenvalue weighted by atomic mass is 19.3. The van der Waals surface area contributed by atoms with Crippen molar-refractivity contribution in [3.05, 3.63) is 36.2 Å². The Labute approximate surface area is 95.1 Å². The number of allylic oxidation sites excluding steroid dienone is 4. The first-order valence-corrected chi connectivity index (χ1v) is 5.34. The van der Waals surface area contributed by atoms with Crippen LogP contribution < -0.4 is 5.73 Å². The number of halogens is 2. The molecule has 0 unspecified atom stereocenters. The Morgan fingerprint density at radius 3 is 2.44 bits per heavy atom. The number of nitrogens with two attached hydrogens (primary N) is 1. The lowest BCUT2D eigenvalue weighted by Crippen LogP contribution is -2.39. The summed E-state index contributed by atoms with van der Waals surface area (Å²) < 4.78 is 25.9. The zero-order chi connectivity index (χ0) is 12.2. The molecule has 90 valence electrons. The van der Waals surface area contributed by atoms with Gasteiger partial charge in [-0.3, -0.25) is 0 Å². The predicted octanol–water partition coefficient (Wildman–Crippen LogP) is 2.65. The Morgan fingerprint density at radius 1 is 1.38 bits per heavy atom. The molecule has 1 rings (SSSR count). The molecule has 1 saturated heterocycles. The first-order valence-electron chi connectivity index (χ1n) is 5.34. The zero-order valence-corrected chi connectivity index (χ0v) is 9.55. The predicted molar refractivity (Wildman–Crippen MR) is 62.0 cm³/mol. The van der Waals surface area contributed by atoms with E-state index in [0.717, 1.165) is 5.70 Å². The maximum absolute atomic E-state index is 12.9. The molecule has 16 heavy (non-hydrogen) atoms. The van der Waals surface area contributed by atoms with Gasteiger partial charge in [-0.15, -0.1) is 0 Å². The summed E-state index contributed by atoms with van der Waals surface area (Å²) in [5.41, 5.74) is 7.27. The molecule has 2 N–H and O–H groups in total. The summed E-state index contributed by atoms with van der Waals surface area (Å²) in [6.07, 6.45) is 4.91. The number of piperidine rings is 1. The van der Waals surface area contributed by atoms with Crippen molar-refractivity contribution in [1.29, 1.82) is 0 Å². The van der Waals surface area contributed by atoms with Crippen LogP contribution in [0, 0.1) is 0 Å². The second-order valence-corrected chi connectivity index (χ2v) is 3.98. The number of rotatable bonds is 3. The minimum absolute atomic E-state index is 0.0945. The third-order valence-electron chi connectivity index (χ3n) is 2.80. The molecule has 0 spiro atoms. The van der Waals surface area contributed by atoms with Crippen LogP contribution in [-0.2, 0) is 0 Å². The lowest BCUT2D eigenvalue weighted by atomic mass is 10.1. The van der Waals surface area contributed by atoms with E-state index in [2.05, 4.69) is 6.58 Å². The van der Waals surface area contributed by atoms with E-state index < -0.39 is 5.92 Å². The van der Waals surface area contributed by atoms with Gasteiger partial charge in [0.05, 0.1) is 5.70 Å². The number of alkyl halides is 2. The highest BCUT2D eigenvalue weighted by Gasteiger charge is 2.34. The quantitative estimate of drug-likeness (QED) is 0.752. The summed E-state index contributed by atoms with van der Waals surface area (Å²) in [7, 11) is 0. The fraction of sp³-hybridized carbons (Fsp3) is 0.500. The van der Waals surface area contributed by atoms with Gasteiger partial charge in [0, 0.05) is 31.6 Å². The van der Waals surface area contributed by atoms with Gasteiger partial charge in [0.15, 0.2) is 0 Å². The molecule has 0 aliphatic carbocycles. The Bertz CT molecular complexity index is 309. The maximum atomic E-state index is 12.9. The fourth-order valence-electron chi connectivity index (χ4n) is 1.64. The van der Waals surface area contributed by atoms with Crippen molar-refractivity contribution >= 4 is 0 Å². The van der Waals surface area contributed by atoms with Crippen LogP contribution in [0.2, 0.25) is 0 Å². The molecule has 0 radical (unpaired) electrons. The second-order valence-electron chi connectivity index (χ2n) is 3.98. The lowest BCUT2D eigenvalue weighted by molar-refractivity contribution is -0.0490. The topological polar surface area (TPSA) is 29.3 Å². The van der Waals surface area contributed by atoms with E-state index >= 15 is 0 Å². The van der Waals surface area contributed by atoms with E-state index in [9.17, 15) is 8.78 Å². The molecule has 2 nitrogen and oxygen atoms in total. The molecular formula is C12H18F2N2. The van der Waals surface area contributed by atoms with Gasteiger partial charge < -0.3 is 10.6 Å². The van der Waals surface area contributed by atoms with Gasteiger partial charge in [-0.2, -0.15) is 0 Å². The summed E-state index contributed by atoms with van der Waals surface area (Å²) in [4.78, 5) is 1.90. The summed E-state index contributed by atoms with van der Waals surface area (Å²) in [6.45, 7) is 6.12. The fourth-order valence-corrected chi connectivity index (χ4v) is 1.64. The van der Waals surface area contributed by atoms with Gasteiger partial charge in [-0.1, -0.05) is 18.7 Å². The first-order chi connectivity index (χ1) is 7.46. The van der Waals surface area contributed by atoms with Gasteiger partial charge in [-0.25, -0.2) is 8.78 Å². The van der Waals surface area contributed by atoms with Crippen LogP contribution in [0.3, 0.4) is 0 Å². The van der Waals surface area contributed by atoms with E-state index in [1.54, 1.807) is 18.2 Å². The molecule has 0 saturated carbocycles. The maximum Gasteiger partial charge on any atom is 0.251 e. The molecule has 4 heteroatoms. The van der Waals surface area contributed by atoms with Crippen molar-refractivity contribution in [1.82, 2.24) is 4.90 Å². The number of likely N-dealkylation sites (tertiary alicyclic amines) is 1. The van der Waals surface area contributed by atoms with E-state index in [4.69, 9.17) is 5.73 Å². The van der Waals surface area contributed by atoms with Gasteiger partial charge in [-0.05, 0) is 13.0 Å². The summed E-state index contributed by atoms with van der Waals surface area (Å²) >= 11 is 0. The number of nitrogens with zero attached hydrogens (tertiary/aromatic N) is 1. The molecule has 1 heterocycles. The average Bonchev–Trinajstić information content (AvgIpc) is 2.25. The first kappa shape index (κ1) is 12.7. The van der Waals surface area contributed by atoms with E-state index in [1.165, 1.54) is 0 Å². The van der Waals surface area contributed by atoms with Gasteiger partial charge in [0.25, 0.3) is 5.92 Å². The van der Waals surface area contributed by atoms with Crippen LogP contribution in [-0.4, -0.2) is 23.9 Å². The Morgan fingerprint density at radius 2 is 1.94 bits per heavy atom. The highest BCUT2D eigenvalue weighted by molar-refractivity contribution is 5.23. The van der Waals surface area contributed by atoms with Crippen molar-refractivity contribution in [2.24, 2.45) is 5.73 Å². The van der Waals surface area contributed by atoms with Crippen LogP contribution in [0.15, 0.2) is 36.2 Å². The molecular weight excluding hydrogens is 210 g/mol. The van der Waals surface area contributed by atoms with Crippen LogP contribution >= 0.6 is 0 Å². The van der Waals surface area contributed by atoms with Crippen LogP contribution in [0.4, 0.5) is 8.78 Å². The van der Waals surface area contributed by atoms with Crippen molar-refractivity contribution in [2.45, 2.75) is 25.7 Å². The minimum atomic E-state index is -2.51. The molecule has 1 aliphatic heterocycles. The summed E-state index contributed by atoms with van der Waals surface area (Å²) in [6, 6.07) is 0. The number of hydrogen-bond donors (Lipinski definition) is 1. The summed E-state index contributed by atoms with van der Waals surface area (Å²) in [5.74, 6) is -2.51. The third kappa shape index (κ3) is 3.36. The number of hydrogen-bond acceptors (Lipinski definition) is 2. The second kappa shape index (κ2) is 5.14. The molecule has 0 aromatic carbocycles. The molecule has 0 aromatic rings. The van der Waals surface area contributed by atoms with E-state index in [0.29, 0.717) is 18.8 Å². The van der Waals surface area contributed by atoms with E-state index in [1.807, 2.05) is 11.8 Å². The van der Waals surface area contributed by atoms with Crippen molar-refractivity contribution in [2.75, 3.05) is 13.1 Å². The third-order valence-corrected chi connectivity index (χ3v) is 2.80.